The highest BCUT2D eigenvalue weighted by Crippen LogP contribution is 2.26. The molecule has 27 heavy (non-hydrogen) atoms. The number of rotatable bonds is 6. The van der Waals surface area contributed by atoms with Crippen molar-refractivity contribution in [2.45, 2.75) is 44.0 Å². The maximum absolute atomic E-state index is 13.2. The van der Waals surface area contributed by atoms with Crippen molar-refractivity contribution < 1.29 is 8.42 Å². The monoisotopic (exact) mass is 410 g/mol. The van der Waals surface area contributed by atoms with Crippen molar-refractivity contribution in [2.24, 2.45) is 5.92 Å². The summed E-state index contributed by atoms with van der Waals surface area (Å²) in [6, 6.07) is 13.1. The van der Waals surface area contributed by atoms with E-state index in [9.17, 15) is 8.42 Å². The van der Waals surface area contributed by atoms with Crippen LogP contribution in [0.4, 0.5) is 0 Å². The summed E-state index contributed by atoms with van der Waals surface area (Å²) in [4.78, 5) is 2.87. The fourth-order valence-electron chi connectivity index (χ4n) is 3.85. The van der Waals surface area contributed by atoms with Crippen molar-refractivity contribution in [1.29, 1.82) is 0 Å². The van der Waals surface area contributed by atoms with Crippen LogP contribution in [-0.2, 0) is 10.0 Å². The molecule has 0 radical (unpaired) electrons. The van der Waals surface area contributed by atoms with E-state index >= 15 is 0 Å². The summed E-state index contributed by atoms with van der Waals surface area (Å²) in [6.07, 6.45) is 3.41. The Labute approximate surface area is 170 Å². The van der Waals surface area contributed by atoms with Gasteiger partial charge in [0.05, 0.1) is 4.90 Å². The molecule has 4 nitrogen and oxygen atoms in total. The van der Waals surface area contributed by atoms with E-state index in [2.05, 4.69) is 11.8 Å². The number of piperidine rings is 1. The molecular weight excluding hydrogens is 380 g/mol. The topological polar surface area (TPSA) is 40.6 Å². The minimum absolute atomic E-state index is 0. The molecule has 1 saturated heterocycles. The lowest BCUT2D eigenvalue weighted by molar-refractivity contribution is 0.171. The molecule has 1 aliphatic heterocycles. The Balaban J connectivity index is 0.00000261. The smallest absolute Gasteiger partial charge is 0.243 e. The molecule has 1 aliphatic rings. The van der Waals surface area contributed by atoms with Crippen molar-refractivity contribution in [2.75, 3.05) is 26.7 Å². The number of fused-ring (bicyclic) bond motifs is 1. The Morgan fingerprint density at radius 1 is 1.19 bits per heavy atom. The number of hydrogen-bond donors (Lipinski definition) is 0. The third-order valence-corrected chi connectivity index (χ3v) is 7.66. The number of halogens is 1. The van der Waals surface area contributed by atoms with Crippen molar-refractivity contribution in [3.63, 3.8) is 0 Å². The van der Waals surface area contributed by atoms with Gasteiger partial charge < -0.3 is 4.90 Å². The summed E-state index contributed by atoms with van der Waals surface area (Å²) in [5.41, 5.74) is 0. The molecule has 6 heteroatoms. The van der Waals surface area contributed by atoms with Gasteiger partial charge in [-0.2, -0.15) is 4.31 Å². The second kappa shape index (κ2) is 9.37. The zero-order chi connectivity index (χ0) is 18.7. The number of hydrogen-bond acceptors (Lipinski definition) is 3. The normalized spacial score (nSPS) is 19.8. The van der Waals surface area contributed by atoms with E-state index in [0.717, 1.165) is 42.7 Å². The van der Waals surface area contributed by atoms with Crippen LogP contribution in [0, 0.1) is 5.92 Å². The van der Waals surface area contributed by atoms with Crippen molar-refractivity contribution >= 4 is 33.2 Å². The molecule has 150 valence electrons. The first-order valence-electron chi connectivity index (χ1n) is 9.57. The largest absolute Gasteiger partial charge is 0.303 e. The van der Waals surface area contributed by atoms with Crippen molar-refractivity contribution in [3.05, 3.63) is 42.5 Å². The average Bonchev–Trinajstić information content (AvgIpc) is 2.65. The molecule has 3 rings (SSSR count). The van der Waals surface area contributed by atoms with Crippen molar-refractivity contribution in [3.8, 4) is 0 Å². The molecule has 2 unspecified atom stereocenters. The van der Waals surface area contributed by atoms with Gasteiger partial charge in [0.15, 0.2) is 0 Å². The van der Waals surface area contributed by atoms with Gasteiger partial charge in [-0.3, -0.25) is 0 Å². The van der Waals surface area contributed by atoms with Crippen LogP contribution in [0.2, 0.25) is 0 Å². The summed E-state index contributed by atoms with van der Waals surface area (Å²) >= 11 is 0. The quantitative estimate of drug-likeness (QED) is 0.708. The van der Waals surface area contributed by atoms with Gasteiger partial charge in [0.25, 0.3) is 0 Å². The summed E-state index contributed by atoms with van der Waals surface area (Å²) in [7, 11) is -1.80. The van der Waals surface area contributed by atoms with E-state index in [1.807, 2.05) is 43.3 Å². The van der Waals surface area contributed by atoms with Crippen LogP contribution in [-0.4, -0.2) is 50.3 Å². The molecule has 2 atom stereocenters. The highest BCUT2D eigenvalue weighted by atomic mass is 35.5. The van der Waals surface area contributed by atoms with Crippen LogP contribution in [0.1, 0.15) is 33.1 Å². The van der Waals surface area contributed by atoms with Gasteiger partial charge in [-0.1, -0.05) is 43.3 Å². The molecule has 1 heterocycles. The van der Waals surface area contributed by atoms with Crippen LogP contribution in [0.5, 0.6) is 0 Å². The van der Waals surface area contributed by atoms with E-state index in [0.29, 0.717) is 4.90 Å². The van der Waals surface area contributed by atoms with Gasteiger partial charge in [-0.25, -0.2) is 8.42 Å². The molecular formula is C21H31ClN2O2S. The molecule has 0 N–H and O–H groups in total. The highest BCUT2D eigenvalue weighted by molar-refractivity contribution is 7.89. The molecule has 0 saturated carbocycles. The minimum Gasteiger partial charge on any atom is -0.303 e. The summed E-state index contributed by atoms with van der Waals surface area (Å²) in [5, 5.41) is 1.75. The number of benzene rings is 2. The molecule has 0 aromatic heterocycles. The van der Waals surface area contributed by atoms with E-state index in [4.69, 9.17) is 0 Å². The van der Waals surface area contributed by atoms with Crippen LogP contribution in [0.3, 0.4) is 0 Å². The van der Waals surface area contributed by atoms with Crippen LogP contribution in [0.15, 0.2) is 47.4 Å². The SMILES string of the molecule is CC1CCCN(CCC(C)N(C)S(=O)(=O)c2cccc3ccccc23)C1.Cl. The molecule has 0 bridgehead atoms. The first kappa shape index (κ1) is 22.2. The van der Waals surface area contributed by atoms with E-state index in [1.165, 1.54) is 12.8 Å². The second-order valence-electron chi connectivity index (χ2n) is 7.68. The van der Waals surface area contributed by atoms with Crippen LogP contribution in [0.25, 0.3) is 10.8 Å². The van der Waals surface area contributed by atoms with Gasteiger partial charge >= 0.3 is 0 Å². The predicted molar refractivity (Wildman–Crippen MR) is 115 cm³/mol. The Bertz CT molecular complexity index is 851. The molecule has 0 amide bonds. The summed E-state index contributed by atoms with van der Waals surface area (Å²) in [5.74, 6) is 0.746. The van der Waals surface area contributed by atoms with Gasteiger partial charge in [-0.15, -0.1) is 12.4 Å². The third kappa shape index (κ3) is 5.02. The fourth-order valence-corrected chi connectivity index (χ4v) is 5.46. The van der Waals surface area contributed by atoms with Crippen molar-refractivity contribution in [1.82, 2.24) is 9.21 Å². The summed E-state index contributed by atoms with van der Waals surface area (Å²) in [6.45, 7) is 7.53. The van der Waals surface area contributed by atoms with Gasteiger partial charge in [0, 0.05) is 25.0 Å². The second-order valence-corrected chi connectivity index (χ2v) is 9.65. The van der Waals surface area contributed by atoms with E-state index < -0.39 is 10.0 Å². The van der Waals surface area contributed by atoms with Gasteiger partial charge in [0.1, 0.15) is 0 Å². The zero-order valence-corrected chi connectivity index (χ0v) is 18.1. The lowest BCUT2D eigenvalue weighted by atomic mass is 10.00. The molecule has 1 fully saturated rings. The first-order chi connectivity index (χ1) is 12.4. The van der Waals surface area contributed by atoms with E-state index in [-0.39, 0.29) is 18.4 Å². The van der Waals surface area contributed by atoms with Gasteiger partial charge in [0.2, 0.25) is 10.0 Å². The number of nitrogens with zero attached hydrogens (tertiary/aromatic N) is 2. The number of likely N-dealkylation sites (tertiary alicyclic amines) is 1. The zero-order valence-electron chi connectivity index (χ0n) is 16.5. The van der Waals surface area contributed by atoms with E-state index in [1.54, 1.807) is 17.4 Å². The highest BCUT2D eigenvalue weighted by Gasteiger charge is 2.27. The molecule has 2 aromatic rings. The Hall–Kier alpha value is -1.14. The maximum Gasteiger partial charge on any atom is 0.243 e. The summed E-state index contributed by atoms with van der Waals surface area (Å²) < 4.78 is 27.9. The Kier molecular flexibility index (Phi) is 7.69. The lowest BCUT2D eigenvalue weighted by Crippen LogP contribution is -2.40. The van der Waals surface area contributed by atoms with Crippen LogP contribution >= 0.6 is 12.4 Å². The Morgan fingerprint density at radius 3 is 2.63 bits per heavy atom. The molecule has 0 aliphatic carbocycles. The Morgan fingerprint density at radius 2 is 1.89 bits per heavy atom. The molecule has 0 spiro atoms. The predicted octanol–water partition coefficient (Wildman–Crippen LogP) is 4.39. The standard InChI is InChI=1S/C21H30N2O2S.ClH/c1-17-8-7-14-23(16-17)15-13-18(2)22(3)26(24,25)21-12-6-10-19-9-4-5-11-20(19)21;/h4-6,9-12,17-18H,7-8,13-16H2,1-3H3;1H. The lowest BCUT2D eigenvalue weighted by Gasteiger charge is -2.33. The third-order valence-electron chi connectivity index (χ3n) is 5.63. The fraction of sp³-hybridized carbons (Fsp3) is 0.524. The first-order valence-corrected chi connectivity index (χ1v) is 11.0. The molecule has 2 aromatic carbocycles. The van der Waals surface area contributed by atoms with Gasteiger partial charge in [-0.05, 0) is 56.6 Å². The number of sulfonamides is 1. The van der Waals surface area contributed by atoms with Crippen LogP contribution < -0.4 is 0 Å². The maximum atomic E-state index is 13.2. The minimum atomic E-state index is -3.51. The average molecular weight is 411 g/mol.